The fraction of sp³-hybridized carbons (Fsp3) is 0.208. The molecule has 1 fully saturated rings. The number of piperidine rings is 1. The van der Waals surface area contributed by atoms with Gasteiger partial charge in [-0.1, -0.05) is 29.8 Å². The van der Waals surface area contributed by atoms with E-state index in [-0.39, 0.29) is 0 Å². The number of aromatic nitrogens is 4. The summed E-state index contributed by atoms with van der Waals surface area (Å²) in [6.07, 6.45) is 11.4. The highest BCUT2D eigenvalue weighted by Gasteiger charge is 2.18. The molecule has 1 aliphatic rings. The number of pyridine rings is 1. The topological polar surface area (TPSA) is 82.3 Å². The Labute approximate surface area is 185 Å². The van der Waals surface area contributed by atoms with Crippen LogP contribution in [0.5, 0.6) is 0 Å². The van der Waals surface area contributed by atoms with E-state index >= 15 is 0 Å². The highest BCUT2D eigenvalue weighted by molar-refractivity contribution is 6.32. The van der Waals surface area contributed by atoms with Gasteiger partial charge in [-0.3, -0.25) is 4.68 Å². The van der Waals surface area contributed by atoms with Gasteiger partial charge >= 0.3 is 0 Å². The van der Waals surface area contributed by atoms with Gasteiger partial charge in [-0.25, -0.2) is 4.98 Å². The Morgan fingerprint density at radius 2 is 2.00 bits per heavy atom. The van der Waals surface area contributed by atoms with Crippen LogP contribution in [0.1, 0.15) is 30.0 Å². The summed E-state index contributed by atoms with van der Waals surface area (Å²) in [5, 5.41) is 19.0. The van der Waals surface area contributed by atoms with E-state index in [2.05, 4.69) is 43.4 Å². The molecule has 0 bridgehead atoms. The smallest absolute Gasteiger partial charge is 0.137 e. The molecule has 1 saturated heterocycles. The normalized spacial score (nSPS) is 15.3. The Morgan fingerprint density at radius 1 is 1.16 bits per heavy atom. The molecule has 2 N–H and O–H groups in total. The number of fused-ring (bicyclic) bond motifs is 1. The van der Waals surface area contributed by atoms with Crippen molar-refractivity contribution in [1.29, 1.82) is 5.26 Å². The molecule has 31 heavy (non-hydrogen) atoms. The molecule has 154 valence electrons. The number of rotatable bonds is 4. The van der Waals surface area contributed by atoms with E-state index in [4.69, 9.17) is 11.6 Å². The van der Waals surface area contributed by atoms with Crippen molar-refractivity contribution in [3.8, 4) is 17.2 Å². The zero-order valence-corrected chi connectivity index (χ0v) is 17.6. The van der Waals surface area contributed by atoms with Crippen LogP contribution in [0.15, 0.2) is 61.2 Å². The molecule has 0 amide bonds. The van der Waals surface area contributed by atoms with Crippen LogP contribution >= 0.6 is 11.6 Å². The van der Waals surface area contributed by atoms with E-state index < -0.39 is 0 Å². The first kappa shape index (κ1) is 19.6. The maximum Gasteiger partial charge on any atom is 0.137 e. The summed E-state index contributed by atoms with van der Waals surface area (Å²) in [6, 6.07) is 12.2. The molecule has 4 aromatic rings. The lowest BCUT2D eigenvalue weighted by Gasteiger charge is -2.22. The zero-order chi connectivity index (χ0) is 21.2. The first-order valence-corrected chi connectivity index (χ1v) is 10.7. The van der Waals surface area contributed by atoms with E-state index in [0.29, 0.717) is 11.1 Å². The van der Waals surface area contributed by atoms with Crippen LogP contribution in [0.4, 0.5) is 0 Å². The van der Waals surface area contributed by atoms with Gasteiger partial charge in [0.1, 0.15) is 5.65 Å². The molecule has 1 aliphatic heterocycles. The van der Waals surface area contributed by atoms with Crippen molar-refractivity contribution in [2.45, 2.75) is 18.9 Å². The number of nitrogens with one attached hydrogen (secondary N) is 2. The molecule has 0 spiro atoms. The molecule has 1 aromatic carbocycles. The Bertz CT molecular complexity index is 1300. The van der Waals surface area contributed by atoms with Crippen molar-refractivity contribution < 1.29 is 0 Å². The van der Waals surface area contributed by atoms with Crippen molar-refractivity contribution in [1.82, 2.24) is 25.1 Å². The van der Waals surface area contributed by atoms with E-state index in [1.807, 2.05) is 42.9 Å². The van der Waals surface area contributed by atoms with Crippen LogP contribution in [-0.2, 0) is 0 Å². The second kappa shape index (κ2) is 8.38. The van der Waals surface area contributed by atoms with Gasteiger partial charge in [0.25, 0.3) is 0 Å². The van der Waals surface area contributed by atoms with Crippen LogP contribution in [-0.4, -0.2) is 32.8 Å². The summed E-state index contributed by atoms with van der Waals surface area (Å²) < 4.78 is 2.07. The lowest BCUT2D eigenvalue weighted by molar-refractivity contribution is 0.343. The summed E-state index contributed by atoms with van der Waals surface area (Å²) in [6.45, 7) is 2.05. The van der Waals surface area contributed by atoms with E-state index in [9.17, 15) is 5.26 Å². The second-order valence-electron chi connectivity index (χ2n) is 7.68. The van der Waals surface area contributed by atoms with Crippen molar-refractivity contribution >= 4 is 28.2 Å². The zero-order valence-electron chi connectivity index (χ0n) is 16.8. The first-order valence-electron chi connectivity index (χ1n) is 10.3. The average Bonchev–Trinajstić information content (AvgIpc) is 3.46. The standard InChI is InChI=1S/C24H21ClN6/c25-23-4-2-1-3-20(23)19(5-8-26)22-14-29-24-21(22)11-16(12-28-24)17-13-30-31(15-17)18-6-9-27-10-7-18/h1-5,11-15,18,27H,6-7,9-10H2,(H,28,29)/b19-5+. The van der Waals surface area contributed by atoms with Crippen molar-refractivity contribution in [2.75, 3.05) is 13.1 Å². The Kier molecular flexibility index (Phi) is 5.29. The third-order valence-corrected chi connectivity index (χ3v) is 6.14. The number of allylic oxidation sites excluding steroid dienone is 1. The van der Waals surface area contributed by atoms with Gasteiger partial charge in [-0.2, -0.15) is 10.4 Å². The van der Waals surface area contributed by atoms with Crippen LogP contribution in [0.2, 0.25) is 5.02 Å². The van der Waals surface area contributed by atoms with E-state index in [0.717, 1.165) is 64.8 Å². The number of nitriles is 1. The third kappa shape index (κ3) is 3.74. The van der Waals surface area contributed by atoms with Crippen LogP contribution in [0.25, 0.3) is 27.7 Å². The van der Waals surface area contributed by atoms with Crippen LogP contribution < -0.4 is 5.32 Å². The molecule has 0 unspecified atom stereocenters. The minimum absolute atomic E-state index is 0.430. The molecule has 0 atom stereocenters. The quantitative estimate of drug-likeness (QED) is 0.450. The predicted molar refractivity (Wildman–Crippen MR) is 123 cm³/mol. The summed E-state index contributed by atoms with van der Waals surface area (Å²) in [5.41, 5.74) is 5.26. The number of halogens is 1. The van der Waals surface area contributed by atoms with Crippen molar-refractivity contribution in [3.05, 3.63) is 77.3 Å². The van der Waals surface area contributed by atoms with Crippen LogP contribution in [0.3, 0.4) is 0 Å². The van der Waals surface area contributed by atoms with Crippen LogP contribution in [0, 0.1) is 11.3 Å². The highest BCUT2D eigenvalue weighted by atomic mass is 35.5. The SMILES string of the molecule is N#C/C=C(\c1ccccc1Cl)c1c[nH]c2ncc(-c3cnn(C4CCNCC4)c3)cc12. The number of H-pyrrole nitrogens is 1. The molecule has 0 aliphatic carbocycles. The average molecular weight is 429 g/mol. The molecule has 0 radical (unpaired) electrons. The molecule has 5 rings (SSSR count). The molecule has 6 nitrogen and oxygen atoms in total. The number of nitrogens with zero attached hydrogens (tertiary/aromatic N) is 4. The monoisotopic (exact) mass is 428 g/mol. The van der Waals surface area contributed by atoms with Crippen molar-refractivity contribution in [2.24, 2.45) is 0 Å². The maximum atomic E-state index is 9.41. The maximum absolute atomic E-state index is 9.41. The third-order valence-electron chi connectivity index (χ3n) is 5.81. The van der Waals surface area contributed by atoms with Gasteiger partial charge in [0, 0.05) is 62.9 Å². The summed E-state index contributed by atoms with van der Waals surface area (Å²) in [7, 11) is 0. The van der Waals surface area contributed by atoms with E-state index in [1.54, 1.807) is 0 Å². The molecular formula is C24H21ClN6. The Hall–Kier alpha value is -3.40. The predicted octanol–water partition coefficient (Wildman–Crippen LogP) is 4.96. The fourth-order valence-electron chi connectivity index (χ4n) is 4.19. The van der Waals surface area contributed by atoms with E-state index in [1.165, 1.54) is 6.08 Å². The minimum Gasteiger partial charge on any atom is -0.346 e. The van der Waals surface area contributed by atoms with Crippen molar-refractivity contribution in [3.63, 3.8) is 0 Å². The summed E-state index contributed by atoms with van der Waals surface area (Å²) in [5.74, 6) is 0. The van der Waals surface area contributed by atoms with Gasteiger partial charge in [0.2, 0.25) is 0 Å². The first-order chi connectivity index (χ1) is 15.2. The van der Waals surface area contributed by atoms with Gasteiger partial charge in [-0.15, -0.1) is 0 Å². The second-order valence-corrected chi connectivity index (χ2v) is 8.09. The summed E-state index contributed by atoms with van der Waals surface area (Å²) >= 11 is 6.43. The number of benzene rings is 1. The highest BCUT2D eigenvalue weighted by Crippen LogP contribution is 2.34. The molecule has 0 saturated carbocycles. The van der Waals surface area contributed by atoms with Gasteiger partial charge < -0.3 is 10.3 Å². The Morgan fingerprint density at radius 3 is 2.81 bits per heavy atom. The number of hydrogen-bond donors (Lipinski definition) is 2. The Balaban J connectivity index is 1.56. The fourth-order valence-corrected chi connectivity index (χ4v) is 4.42. The minimum atomic E-state index is 0.430. The van der Waals surface area contributed by atoms with Gasteiger partial charge in [0.05, 0.1) is 18.3 Å². The van der Waals surface area contributed by atoms with Gasteiger partial charge in [0.15, 0.2) is 0 Å². The molecule has 4 heterocycles. The lowest BCUT2D eigenvalue weighted by Crippen LogP contribution is -2.29. The molecule has 3 aromatic heterocycles. The summed E-state index contributed by atoms with van der Waals surface area (Å²) in [4.78, 5) is 7.83. The molecule has 7 heteroatoms. The lowest BCUT2D eigenvalue weighted by atomic mass is 9.97. The number of hydrogen-bond acceptors (Lipinski definition) is 4. The number of aromatic amines is 1. The largest absolute Gasteiger partial charge is 0.346 e. The van der Waals surface area contributed by atoms with Gasteiger partial charge in [-0.05, 0) is 38.1 Å². The molecular weight excluding hydrogens is 408 g/mol.